The molecule has 3 heteroatoms. The third-order valence-corrected chi connectivity index (χ3v) is 2.59. The molecule has 1 atom stereocenters. The highest BCUT2D eigenvalue weighted by Crippen LogP contribution is 2.29. The molecule has 0 spiro atoms. The van der Waals surface area contributed by atoms with E-state index < -0.39 is 0 Å². The van der Waals surface area contributed by atoms with Crippen LogP contribution in [0.2, 0.25) is 0 Å². The van der Waals surface area contributed by atoms with Crippen molar-refractivity contribution in [2.75, 3.05) is 14.1 Å². The lowest BCUT2D eigenvalue weighted by Crippen LogP contribution is -2.24. The van der Waals surface area contributed by atoms with Gasteiger partial charge in [0.2, 0.25) is 0 Å². The van der Waals surface area contributed by atoms with Crippen LogP contribution in [0.1, 0.15) is 30.3 Å². The van der Waals surface area contributed by atoms with Crippen LogP contribution in [0, 0.1) is 0 Å². The molecular weight excluding hydrogens is 150 g/mol. The van der Waals surface area contributed by atoms with Gasteiger partial charge in [0, 0.05) is 5.69 Å². The Bertz CT molecular complexity index is 264. The molecule has 3 nitrogen and oxygen atoms in total. The first-order chi connectivity index (χ1) is 5.79. The van der Waals surface area contributed by atoms with Crippen molar-refractivity contribution in [3.8, 4) is 0 Å². The molecule has 2 rings (SSSR count). The molecule has 0 aromatic carbocycles. The van der Waals surface area contributed by atoms with Gasteiger partial charge in [0.1, 0.15) is 0 Å². The fourth-order valence-electron chi connectivity index (χ4n) is 1.93. The van der Waals surface area contributed by atoms with Gasteiger partial charge in [0.05, 0.1) is 18.1 Å². The number of aromatic amines is 1. The number of fused-ring (bicyclic) bond motifs is 1. The number of nitrogens with one attached hydrogen (secondary N) is 1. The Kier molecular flexibility index (Phi) is 1.89. The van der Waals surface area contributed by atoms with Gasteiger partial charge >= 0.3 is 0 Å². The van der Waals surface area contributed by atoms with Crippen LogP contribution in [0.5, 0.6) is 0 Å². The van der Waals surface area contributed by atoms with Crippen LogP contribution in [0.15, 0.2) is 6.33 Å². The largest absolute Gasteiger partial charge is 0.348 e. The second kappa shape index (κ2) is 2.90. The summed E-state index contributed by atoms with van der Waals surface area (Å²) in [6, 6.07) is 0.528. The standard InChI is InChI=1S/C9H15N3/c1-12(2)8-5-3-4-7-9(8)11-6-10-7/h6,8H,3-5H2,1-2H3,(H,10,11)/t8-/m0/s1. The highest BCUT2D eigenvalue weighted by Gasteiger charge is 2.23. The third kappa shape index (κ3) is 1.14. The van der Waals surface area contributed by atoms with E-state index in [9.17, 15) is 0 Å². The number of nitrogens with zero attached hydrogens (tertiary/aromatic N) is 2. The van der Waals surface area contributed by atoms with E-state index in [1.807, 2.05) is 6.33 Å². The van der Waals surface area contributed by atoms with Crippen molar-refractivity contribution in [3.05, 3.63) is 17.7 Å². The summed E-state index contributed by atoms with van der Waals surface area (Å²) < 4.78 is 0. The zero-order valence-corrected chi connectivity index (χ0v) is 7.67. The van der Waals surface area contributed by atoms with Gasteiger partial charge in [-0.3, -0.25) is 0 Å². The molecule has 1 aliphatic rings. The summed E-state index contributed by atoms with van der Waals surface area (Å²) in [7, 11) is 4.24. The smallest absolute Gasteiger partial charge is 0.0925 e. The van der Waals surface area contributed by atoms with Gasteiger partial charge in [-0.15, -0.1) is 0 Å². The molecule has 1 heterocycles. The van der Waals surface area contributed by atoms with Crippen LogP contribution in [0.25, 0.3) is 0 Å². The Morgan fingerprint density at radius 3 is 3.17 bits per heavy atom. The predicted molar refractivity (Wildman–Crippen MR) is 48.0 cm³/mol. The van der Waals surface area contributed by atoms with Crippen molar-refractivity contribution in [3.63, 3.8) is 0 Å². The van der Waals surface area contributed by atoms with E-state index in [2.05, 4.69) is 29.0 Å². The molecule has 1 N–H and O–H groups in total. The Hall–Kier alpha value is -0.830. The quantitative estimate of drug-likeness (QED) is 0.681. The maximum Gasteiger partial charge on any atom is 0.0925 e. The highest BCUT2D eigenvalue weighted by atomic mass is 15.1. The van der Waals surface area contributed by atoms with Gasteiger partial charge in [-0.1, -0.05) is 0 Å². The maximum atomic E-state index is 4.36. The van der Waals surface area contributed by atoms with E-state index >= 15 is 0 Å². The van der Waals surface area contributed by atoms with E-state index in [-0.39, 0.29) is 0 Å². The second-order valence-corrected chi connectivity index (χ2v) is 3.64. The number of hydrogen-bond donors (Lipinski definition) is 1. The number of rotatable bonds is 1. The van der Waals surface area contributed by atoms with Crippen molar-refractivity contribution >= 4 is 0 Å². The number of H-pyrrole nitrogens is 1. The molecule has 66 valence electrons. The summed E-state index contributed by atoms with van der Waals surface area (Å²) in [5, 5.41) is 0. The van der Waals surface area contributed by atoms with Crippen molar-refractivity contribution in [1.82, 2.24) is 14.9 Å². The monoisotopic (exact) mass is 165 g/mol. The van der Waals surface area contributed by atoms with E-state index in [0.29, 0.717) is 6.04 Å². The Balaban J connectivity index is 2.31. The average Bonchev–Trinajstić information content (AvgIpc) is 2.49. The van der Waals surface area contributed by atoms with Crippen LogP contribution in [-0.2, 0) is 6.42 Å². The zero-order valence-electron chi connectivity index (χ0n) is 7.67. The highest BCUT2D eigenvalue weighted by molar-refractivity contribution is 5.18. The molecule has 1 aliphatic carbocycles. The van der Waals surface area contributed by atoms with Crippen LogP contribution in [-0.4, -0.2) is 29.0 Å². The zero-order chi connectivity index (χ0) is 8.55. The third-order valence-electron chi connectivity index (χ3n) is 2.59. The molecule has 0 unspecified atom stereocenters. The van der Waals surface area contributed by atoms with Gasteiger partial charge in [0.15, 0.2) is 0 Å². The lowest BCUT2D eigenvalue weighted by Gasteiger charge is -2.27. The Labute approximate surface area is 72.8 Å². The Morgan fingerprint density at radius 1 is 1.58 bits per heavy atom. The van der Waals surface area contributed by atoms with Gasteiger partial charge in [-0.2, -0.15) is 0 Å². The fourth-order valence-corrected chi connectivity index (χ4v) is 1.93. The molecule has 0 amide bonds. The Morgan fingerprint density at radius 2 is 2.42 bits per heavy atom. The summed E-state index contributed by atoms with van der Waals surface area (Å²) in [4.78, 5) is 9.82. The molecule has 0 radical (unpaired) electrons. The second-order valence-electron chi connectivity index (χ2n) is 3.64. The van der Waals surface area contributed by atoms with E-state index in [1.54, 1.807) is 0 Å². The molecule has 12 heavy (non-hydrogen) atoms. The topological polar surface area (TPSA) is 31.9 Å². The number of aromatic nitrogens is 2. The average molecular weight is 165 g/mol. The summed E-state index contributed by atoms with van der Waals surface area (Å²) in [6.07, 6.45) is 5.50. The van der Waals surface area contributed by atoms with E-state index in [0.717, 1.165) is 0 Å². The minimum atomic E-state index is 0.528. The molecule has 0 fully saturated rings. The molecule has 1 aromatic heterocycles. The van der Waals surface area contributed by atoms with Crippen LogP contribution in [0.4, 0.5) is 0 Å². The summed E-state index contributed by atoms with van der Waals surface area (Å²) in [5.41, 5.74) is 2.59. The fraction of sp³-hybridized carbons (Fsp3) is 0.667. The molecule has 0 saturated carbocycles. The van der Waals surface area contributed by atoms with Gasteiger partial charge in [0.25, 0.3) is 0 Å². The maximum absolute atomic E-state index is 4.36. The van der Waals surface area contributed by atoms with Crippen molar-refractivity contribution in [2.24, 2.45) is 0 Å². The van der Waals surface area contributed by atoms with Gasteiger partial charge in [-0.05, 0) is 33.4 Å². The molecular formula is C9H15N3. The van der Waals surface area contributed by atoms with Gasteiger partial charge < -0.3 is 9.88 Å². The molecule has 0 saturated heterocycles. The molecule has 1 aromatic rings. The normalized spacial score (nSPS) is 22.8. The van der Waals surface area contributed by atoms with Crippen LogP contribution < -0.4 is 0 Å². The van der Waals surface area contributed by atoms with Crippen LogP contribution in [0.3, 0.4) is 0 Å². The van der Waals surface area contributed by atoms with Gasteiger partial charge in [-0.25, -0.2) is 4.98 Å². The van der Waals surface area contributed by atoms with Crippen molar-refractivity contribution in [1.29, 1.82) is 0 Å². The minimum Gasteiger partial charge on any atom is -0.348 e. The number of imidazole rings is 1. The van der Waals surface area contributed by atoms with E-state index in [4.69, 9.17) is 0 Å². The summed E-state index contributed by atoms with van der Waals surface area (Å²) in [5.74, 6) is 0. The first kappa shape index (κ1) is 7.80. The van der Waals surface area contributed by atoms with E-state index in [1.165, 1.54) is 30.7 Å². The lowest BCUT2D eigenvalue weighted by atomic mass is 9.95. The summed E-state index contributed by atoms with van der Waals surface area (Å²) >= 11 is 0. The minimum absolute atomic E-state index is 0.528. The van der Waals surface area contributed by atoms with Crippen molar-refractivity contribution < 1.29 is 0 Å². The number of aryl methyl sites for hydroxylation is 1. The number of hydrogen-bond acceptors (Lipinski definition) is 2. The predicted octanol–water partition coefficient (Wildman–Crippen LogP) is 1.35. The molecule has 0 aliphatic heterocycles. The molecule has 0 bridgehead atoms. The SMILES string of the molecule is CN(C)[C@H]1CCCc2[nH]cnc21. The van der Waals surface area contributed by atoms with Crippen molar-refractivity contribution in [2.45, 2.75) is 25.3 Å². The first-order valence-corrected chi connectivity index (χ1v) is 4.47. The first-order valence-electron chi connectivity index (χ1n) is 4.47. The van der Waals surface area contributed by atoms with Crippen LogP contribution >= 0.6 is 0 Å². The summed E-state index contributed by atoms with van der Waals surface area (Å²) in [6.45, 7) is 0. The lowest BCUT2D eigenvalue weighted by molar-refractivity contribution is 0.263.